The number of fused-ring (bicyclic) bond motifs is 2. The number of nitrogens with zero attached hydrogens (tertiary/aromatic N) is 1. The maximum Gasteiger partial charge on any atom is 0.0131 e. The number of rotatable bonds is 3. The van der Waals surface area contributed by atoms with Gasteiger partial charge in [0, 0.05) is 18.6 Å². The van der Waals surface area contributed by atoms with Gasteiger partial charge in [-0.05, 0) is 75.3 Å². The van der Waals surface area contributed by atoms with Crippen LogP contribution in [-0.4, -0.2) is 37.1 Å². The third-order valence-electron chi connectivity index (χ3n) is 7.63. The number of piperidine rings is 1. The van der Waals surface area contributed by atoms with Gasteiger partial charge in [-0.3, -0.25) is 0 Å². The molecule has 0 radical (unpaired) electrons. The third-order valence-corrected chi connectivity index (χ3v) is 7.63. The SMILES string of the molecule is CC(NC1CC2CCC1(C)C2(C)C)C1CCCN(C)C1. The minimum Gasteiger partial charge on any atom is -0.311 e. The maximum atomic E-state index is 4.07. The fraction of sp³-hybridized carbons (Fsp3) is 1.00. The summed E-state index contributed by atoms with van der Waals surface area (Å²) in [6.07, 6.45) is 7.09. The van der Waals surface area contributed by atoms with E-state index in [-0.39, 0.29) is 0 Å². The second kappa shape index (κ2) is 4.98. The molecular weight excluding hydrogens is 244 g/mol. The predicted molar refractivity (Wildman–Crippen MR) is 85.8 cm³/mol. The molecule has 1 N–H and O–H groups in total. The number of hydrogen-bond donors (Lipinski definition) is 1. The molecule has 2 nitrogen and oxygen atoms in total. The lowest BCUT2D eigenvalue weighted by molar-refractivity contribution is 0.101. The quantitative estimate of drug-likeness (QED) is 0.850. The lowest BCUT2D eigenvalue weighted by atomic mass is 9.69. The zero-order valence-corrected chi connectivity index (χ0v) is 14.2. The van der Waals surface area contributed by atoms with Crippen LogP contribution in [0.25, 0.3) is 0 Å². The smallest absolute Gasteiger partial charge is 0.0131 e. The average molecular weight is 278 g/mol. The summed E-state index contributed by atoms with van der Waals surface area (Å²) in [5.74, 6) is 1.80. The van der Waals surface area contributed by atoms with Gasteiger partial charge in [-0.2, -0.15) is 0 Å². The lowest BCUT2D eigenvalue weighted by Crippen LogP contribution is -2.52. The summed E-state index contributed by atoms with van der Waals surface area (Å²) in [6, 6.07) is 1.42. The summed E-state index contributed by atoms with van der Waals surface area (Å²) in [4.78, 5) is 2.51. The molecule has 5 unspecified atom stereocenters. The van der Waals surface area contributed by atoms with Crippen LogP contribution in [0.5, 0.6) is 0 Å². The van der Waals surface area contributed by atoms with Crippen molar-refractivity contribution in [3.05, 3.63) is 0 Å². The van der Waals surface area contributed by atoms with Crippen LogP contribution in [-0.2, 0) is 0 Å². The molecular formula is C18H34N2. The Kier molecular flexibility index (Phi) is 3.70. The Balaban J connectivity index is 1.64. The van der Waals surface area contributed by atoms with Gasteiger partial charge in [0.05, 0.1) is 0 Å². The van der Waals surface area contributed by atoms with Crippen LogP contribution in [0.3, 0.4) is 0 Å². The first-order valence-corrected chi connectivity index (χ1v) is 8.79. The minimum absolute atomic E-state index is 0.520. The Morgan fingerprint density at radius 3 is 2.50 bits per heavy atom. The summed E-state index contributed by atoms with van der Waals surface area (Å²) in [5.41, 5.74) is 1.06. The molecule has 3 fully saturated rings. The summed E-state index contributed by atoms with van der Waals surface area (Å²) in [5, 5.41) is 4.07. The molecule has 2 heteroatoms. The van der Waals surface area contributed by atoms with E-state index in [0.29, 0.717) is 16.9 Å². The van der Waals surface area contributed by atoms with E-state index in [0.717, 1.165) is 17.9 Å². The second-order valence-electron chi connectivity index (χ2n) is 8.78. The summed E-state index contributed by atoms with van der Waals surface area (Å²) in [7, 11) is 2.28. The Morgan fingerprint density at radius 2 is 1.95 bits per heavy atom. The highest BCUT2D eigenvalue weighted by atomic mass is 15.1. The van der Waals surface area contributed by atoms with E-state index in [9.17, 15) is 0 Å². The Hall–Kier alpha value is -0.0800. The molecule has 1 heterocycles. The number of nitrogens with one attached hydrogen (secondary N) is 1. The largest absolute Gasteiger partial charge is 0.311 e. The van der Waals surface area contributed by atoms with Gasteiger partial charge in [-0.25, -0.2) is 0 Å². The van der Waals surface area contributed by atoms with Crippen molar-refractivity contribution in [1.29, 1.82) is 0 Å². The van der Waals surface area contributed by atoms with Gasteiger partial charge in [0.15, 0.2) is 0 Å². The molecule has 0 amide bonds. The number of hydrogen-bond acceptors (Lipinski definition) is 2. The summed E-state index contributed by atoms with van der Waals surface area (Å²) in [6.45, 7) is 12.6. The highest BCUT2D eigenvalue weighted by molar-refractivity contribution is 5.13. The van der Waals surface area contributed by atoms with Gasteiger partial charge < -0.3 is 10.2 Å². The molecule has 116 valence electrons. The monoisotopic (exact) mass is 278 g/mol. The van der Waals surface area contributed by atoms with Crippen LogP contribution in [0.1, 0.15) is 59.8 Å². The van der Waals surface area contributed by atoms with Crippen LogP contribution >= 0.6 is 0 Å². The van der Waals surface area contributed by atoms with E-state index >= 15 is 0 Å². The van der Waals surface area contributed by atoms with Crippen molar-refractivity contribution in [3.8, 4) is 0 Å². The van der Waals surface area contributed by atoms with E-state index in [2.05, 4.69) is 45.0 Å². The second-order valence-corrected chi connectivity index (χ2v) is 8.78. The molecule has 1 aliphatic heterocycles. The molecule has 1 saturated heterocycles. The minimum atomic E-state index is 0.520. The summed E-state index contributed by atoms with van der Waals surface area (Å²) >= 11 is 0. The van der Waals surface area contributed by atoms with E-state index in [1.54, 1.807) is 0 Å². The van der Waals surface area contributed by atoms with Crippen molar-refractivity contribution < 1.29 is 0 Å². The molecule has 2 bridgehead atoms. The zero-order chi connectivity index (χ0) is 14.5. The van der Waals surface area contributed by atoms with Crippen molar-refractivity contribution >= 4 is 0 Å². The molecule has 2 saturated carbocycles. The van der Waals surface area contributed by atoms with Crippen molar-refractivity contribution in [3.63, 3.8) is 0 Å². The van der Waals surface area contributed by atoms with Gasteiger partial charge in [0.2, 0.25) is 0 Å². The summed E-state index contributed by atoms with van der Waals surface area (Å²) < 4.78 is 0. The van der Waals surface area contributed by atoms with Crippen LogP contribution in [0.2, 0.25) is 0 Å². The highest BCUT2D eigenvalue weighted by Gasteiger charge is 2.61. The Morgan fingerprint density at radius 1 is 1.20 bits per heavy atom. The van der Waals surface area contributed by atoms with Crippen LogP contribution in [0.4, 0.5) is 0 Å². The standard InChI is InChI=1S/C18H34N2/c1-13(14-7-6-10-20(5)12-14)19-16-11-15-8-9-18(16,4)17(15,2)3/h13-16,19H,6-12H2,1-5H3. The predicted octanol–water partition coefficient (Wildman–Crippen LogP) is 3.52. The molecule has 0 aromatic heterocycles. The van der Waals surface area contributed by atoms with Crippen LogP contribution in [0, 0.1) is 22.7 Å². The lowest BCUT2D eigenvalue weighted by Gasteiger charge is -2.43. The fourth-order valence-electron chi connectivity index (χ4n) is 5.52. The Bertz CT molecular complexity index is 364. The molecule has 0 aromatic carbocycles. The molecule has 2 aliphatic carbocycles. The Labute approximate surface area is 125 Å². The van der Waals surface area contributed by atoms with Gasteiger partial charge in [-0.15, -0.1) is 0 Å². The van der Waals surface area contributed by atoms with E-state index in [1.807, 2.05) is 0 Å². The van der Waals surface area contributed by atoms with Crippen molar-refractivity contribution in [2.45, 2.75) is 71.9 Å². The van der Waals surface area contributed by atoms with Crippen molar-refractivity contribution in [2.24, 2.45) is 22.7 Å². The average Bonchev–Trinajstić information content (AvgIpc) is 2.72. The van der Waals surface area contributed by atoms with Crippen LogP contribution in [0.15, 0.2) is 0 Å². The van der Waals surface area contributed by atoms with E-state index in [1.165, 1.54) is 45.2 Å². The first-order valence-electron chi connectivity index (χ1n) is 8.79. The maximum absolute atomic E-state index is 4.07. The van der Waals surface area contributed by atoms with E-state index < -0.39 is 0 Å². The zero-order valence-electron chi connectivity index (χ0n) is 14.2. The molecule has 0 aromatic rings. The molecule has 0 spiro atoms. The molecule has 5 atom stereocenters. The first-order chi connectivity index (χ1) is 9.34. The fourth-order valence-corrected chi connectivity index (χ4v) is 5.52. The van der Waals surface area contributed by atoms with Crippen molar-refractivity contribution in [2.75, 3.05) is 20.1 Å². The third kappa shape index (κ3) is 2.14. The normalized spacial score (nSPS) is 45.8. The van der Waals surface area contributed by atoms with Gasteiger partial charge in [0.25, 0.3) is 0 Å². The van der Waals surface area contributed by atoms with E-state index in [4.69, 9.17) is 0 Å². The highest BCUT2D eigenvalue weighted by Crippen LogP contribution is 2.65. The van der Waals surface area contributed by atoms with Gasteiger partial charge in [-0.1, -0.05) is 20.8 Å². The molecule has 3 rings (SSSR count). The topological polar surface area (TPSA) is 15.3 Å². The first kappa shape index (κ1) is 14.8. The van der Waals surface area contributed by atoms with Gasteiger partial charge >= 0.3 is 0 Å². The molecule has 3 aliphatic rings. The van der Waals surface area contributed by atoms with Crippen molar-refractivity contribution in [1.82, 2.24) is 10.2 Å². The molecule has 20 heavy (non-hydrogen) atoms. The van der Waals surface area contributed by atoms with Crippen LogP contribution < -0.4 is 5.32 Å². The van der Waals surface area contributed by atoms with Gasteiger partial charge in [0.1, 0.15) is 0 Å². The number of likely N-dealkylation sites (tertiary alicyclic amines) is 1.